The molecule has 1 amide bonds. The molecule has 1 aromatic carbocycles. The largest absolute Gasteiger partial charge is 0.361 e. The average Bonchev–Trinajstić information content (AvgIpc) is 3.04. The highest BCUT2D eigenvalue weighted by Crippen LogP contribution is 2.22. The van der Waals surface area contributed by atoms with Gasteiger partial charge in [-0.05, 0) is 44.0 Å². The molecule has 21 heavy (non-hydrogen) atoms. The first-order chi connectivity index (χ1) is 10.1. The quantitative estimate of drug-likeness (QED) is 0.908. The highest BCUT2D eigenvalue weighted by molar-refractivity contribution is 5.94. The molecular weight excluding hydrogens is 266 g/mol. The number of rotatable bonds is 3. The summed E-state index contributed by atoms with van der Waals surface area (Å²) in [5.74, 6) is 0.677. The Kier molecular flexibility index (Phi) is 3.51. The molecule has 0 saturated heterocycles. The summed E-state index contributed by atoms with van der Waals surface area (Å²) < 4.78 is 5.15. The molecule has 3 rings (SSSR count). The molecule has 1 unspecified atom stereocenters. The van der Waals surface area contributed by atoms with Crippen molar-refractivity contribution in [3.05, 3.63) is 51.9 Å². The molecule has 0 radical (unpaired) electrons. The van der Waals surface area contributed by atoms with Crippen molar-refractivity contribution < 1.29 is 9.32 Å². The van der Waals surface area contributed by atoms with Crippen molar-refractivity contribution in [2.75, 3.05) is 0 Å². The molecule has 0 bridgehead atoms. The van der Waals surface area contributed by atoms with Crippen LogP contribution in [0.5, 0.6) is 0 Å². The van der Waals surface area contributed by atoms with E-state index in [0.717, 1.165) is 30.1 Å². The molecule has 0 saturated carbocycles. The number of amides is 1. The number of carbonyl (C=O) groups excluding carboxylic acids is 1. The van der Waals surface area contributed by atoms with E-state index in [0.29, 0.717) is 5.56 Å². The van der Waals surface area contributed by atoms with Crippen LogP contribution in [0.2, 0.25) is 0 Å². The topological polar surface area (TPSA) is 67.2 Å². The molecule has 2 aromatic rings. The minimum absolute atomic E-state index is 0.0720. The number of hydrogen-bond donors (Lipinski definition) is 2. The maximum atomic E-state index is 12.4. The van der Waals surface area contributed by atoms with Crippen LogP contribution in [-0.2, 0) is 13.1 Å². The van der Waals surface area contributed by atoms with E-state index in [4.69, 9.17) is 4.52 Å². The van der Waals surface area contributed by atoms with E-state index in [1.807, 2.05) is 39.0 Å². The van der Waals surface area contributed by atoms with Gasteiger partial charge in [0.25, 0.3) is 5.91 Å². The Morgan fingerprint density at radius 2 is 2.10 bits per heavy atom. The summed E-state index contributed by atoms with van der Waals surface area (Å²) >= 11 is 0. The summed E-state index contributed by atoms with van der Waals surface area (Å²) in [6.07, 6.45) is 0. The lowest BCUT2D eigenvalue weighted by atomic mass is 10.0. The molecule has 0 fully saturated rings. The minimum atomic E-state index is -0.130. The van der Waals surface area contributed by atoms with Gasteiger partial charge in [-0.15, -0.1) is 0 Å². The van der Waals surface area contributed by atoms with E-state index in [1.165, 1.54) is 11.1 Å². The maximum Gasteiger partial charge on any atom is 0.251 e. The fourth-order valence-corrected chi connectivity index (χ4v) is 2.90. The summed E-state index contributed by atoms with van der Waals surface area (Å²) in [5, 5.41) is 10.2. The first-order valence-electron chi connectivity index (χ1n) is 7.12. The highest BCUT2D eigenvalue weighted by atomic mass is 16.5. The summed E-state index contributed by atoms with van der Waals surface area (Å²) in [7, 11) is 0. The van der Waals surface area contributed by atoms with Crippen LogP contribution in [0.25, 0.3) is 0 Å². The van der Waals surface area contributed by atoms with Crippen LogP contribution in [0, 0.1) is 13.8 Å². The molecule has 1 atom stereocenters. The predicted molar refractivity (Wildman–Crippen MR) is 78.8 cm³/mol. The molecule has 2 heterocycles. The van der Waals surface area contributed by atoms with Gasteiger partial charge in [0.05, 0.1) is 11.7 Å². The van der Waals surface area contributed by atoms with Crippen molar-refractivity contribution in [3.63, 3.8) is 0 Å². The zero-order valence-electron chi connectivity index (χ0n) is 12.5. The molecule has 5 heteroatoms. The number of nitrogens with zero attached hydrogens (tertiary/aromatic N) is 1. The standard InChI is InChI=1S/C16H19N3O2/c1-9(15-10(2)19-21-11(15)3)18-16(20)12-4-5-13-7-17-8-14(13)6-12/h4-6,9,17H,7-8H2,1-3H3,(H,18,20). The first-order valence-corrected chi connectivity index (χ1v) is 7.12. The van der Waals surface area contributed by atoms with Crippen LogP contribution in [0.4, 0.5) is 0 Å². The van der Waals surface area contributed by atoms with Crippen molar-refractivity contribution >= 4 is 5.91 Å². The van der Waals surface area contributed by atoms with E-state index < -0.39 is 0 Å². The fourth-order valence-electron chi connectivity index (χ4n) is 2.90. The maximum absolute atomic E-state index is 12.4. The van der Waals surface area contributed by atoms with Crippen molar-refractivity contribution in [2.45, 2.75) is 39.9 Å². The molecular formula is C16H19N3O2. The Bertz CT molecular complexity index is 671. The number of nitrogens with one attached hydrogen (secondary N) is 2. The number of carbonyl (C=O) groups is 1. The summed E-state index contributed by atoms with van der Waals surface area (Å²) in [4.78, 5) is 12.4. The third-order valence-corrected chi connectivity index (χ3v) is 3.97. The number of hydrogen-bond acceptors (Lipinski definition) is 4. The number of benzene rings is 1. The smallest absolute Gasteiger partial charge is 0.251 e. The van der Waals surface area contributed by atoms with Crippen LogP contribution in [0.15, 0.2) is 22.7 Å². The second kappa shape index (κ2) is 5.33. The summed E-state index contributed by atoms with van der Waals surface area (Å²) in [5.41, 5.74) is 4.93. The third kappa shape index (κ3) is 2.56. The van der Waals surface area contributed by atoms with E-state index in [2.05, 4.69) is 15.8 Å². The van der Waals surface area contributed by atoms with Crippen molar-refractivity contribution in [3.8, 4) is 0 Å². The van der Waals surface area contributed by atoms with Gasteiger partial charge in [-0.25, -0.2) is 0 Å². The van der Waals surface area contributed by atoms with Crippen LogP contribution < -0.4 is 10.6 Å². The van der Waals surface area contributed by atoms with Gasteiger partial charge in [-0.2, -0.15) is 0 Å². The second-order valence-corrected chi connectivity index (χ2v) is 5.52. The monoisotopic (exact) mass is 285 g/mol. The van der Waals surface area contributed by atoms with Crippen LogP contribution in [-0.4, -0.2) is 11.1 Å². The molecule has 110 valence electrons. The Hall–Kier alpha value is -2.14. The Morgan fingerprint density at radius 1 is 1.33 bits per heavy atom. The molecule has 2 N–H and O–H groups in total. The zero-order chi connectivity index (χ0) is 15.0. The van der Waals surface area contributed by atoms with E-state index in [9.17, 15) is 4.79 Å². The van der Waals surface area contributed by atoms with Crippen molar-refractivity contribution in [2.24, 2.45) is 0 Å². The van der Waals surface area contributed by atoms with E-state index in [1.54, 1.807) is 0 Å². The normalized spacial score (nSPS) is 14.8. The van der Waals surface area contributed by atoms with Gasteiger partial charge in [0.1, 0.15) is 5.76 Å². The highest BCUT2D eigenvalue weighted by Gasteiger charge is 2.20. The SMILES string of the molecule is Cc1noc(C)c1C(C)NC(=O)c1ccc2c(c1)CNC2. The average molecular weight is 285 g/mol. The van der Waals surface area contributed by atoms with E-state index >= 15 is 0 Å². The van der Waals surface area contributed by atoms with Gasteiger partial charge in [-0.3, -0.25) is 4.79 Å². The summed E-state index contributed by atoms with van der Waals surface area (Å²) in [6.45, 7) is 7.40. The molecule has 0 spiro atoms. The van der Waals surface area contributed by atoms with Gasteiger partial charge >= 0.3 is 0 Å². The van der Waals surface area contributed by atoms with Gasteiger partial charge in [0.15, 0.2) is 0 Å². The Morgan fingerprint density at radius 3 is 2.81 bits per heavy atom. The Balaban J connectivity index is 1.77. The van der Waals surface area contributed by atoms with Gasteiger partial charge in [-0.1, -0.05) is 11.2 Å². The van der Waals surface area contributed by atoms with Crippen LogP contribution >= 0.6 is 0 Å². The molecule has 1 aliphatic rings. The minimum Gasteiger partial charge on any atom is -0.361 e. The van der Waals surface area contributed by atoms with Crippen LogP contribution in [0.3, 0.4) is 0 Å². The number of fused-ring (bicyclic) bond motifs is 1. The van der Waals surface area contributed by atoms with Crippen molar-refractivity contribution in [1.29, 1.82) is 0 Å². The lowest BCUT2D eigenvalue weighted by Crippen LogP contribution is -2.27. The summed E-state index contributed by atoms with van der Waals surface area (Å²) in [6, 6.07) is 5.73. The van der Waals surface area contributed by atoms with Crippen LogP contribution in [0.1, 0.15) is 51.5 Å². The first kappa shape index (κ1) is 13.8. The van der Waals surface area contributed by atoms with Gasteiger partial charge in [0.2, 0.25) is 0 Å². The number of aromatic nitrogens is 1. The third-order valence-electron chi connectivity index (χ3n) is 3.97. The Labute approximate surface area is 123 Å². The lowest BCUT2D eigenvalue weighted by Gasteiger charge is -2.14. The van der Waals surface area contributed by atoms with Gasteiger partial charge < -0.3 is 15.2 Å². The van der Waals surface area contributed by atoms with Crippen molar-refractivity contribution in [1.82, 2.24) is 15.8 Å². The van der Waals surface area contributed by atoms with Gasteiger partial charge in [0, 0.05) is 24.2 Å². The fraction of sp³-hybridized carbons (Fsp3) is 0.375. The zero-order valence-corrected chi connectivity index (χ0v) is 12.5. The predicted octanol–water partition coefficient (Wildman–Crippen LogP) is 2.39. The van der Waals surface area contributed by atoms with E-state index in [-0.39, 0.29) is 11.9 Å². The lowest BCUT2D eigenvalue weighted by molar-refractivity contribution is 0.0939. The molecule has 0 aliphatic carbocycles. The number of aryl methyl sites for hydroxylation is 2. The second-order valence-electron chi connectivity index (χ2n) is 5.52. The molecule has 1 aromatic heterocycles. The molecule has 5 nitrogen and oxygen atoms in total. The molecule has 1 aliphatic heterocycles.